The van der Waals surface area contributed by atoms with Crippen molar-refractivity contribution in [1.29, 1.82) is 0 Å². The first-order valence-electron chi connectivity index (χ1n) is 5.95. The van der Waals surface area contributed by atoms with Crippen LogP contribution in [-0.2, 0) is 0 Å². The molecule has 0 aliphatic carbocycles. The van der Waals surface area contributed by atoms with E-state index in [9.17, 15) is 0 Å². The van der Waals surface area contributed by atoms with Crippen molar-refractivity contribution in [3.63, 3.8) is 0 Å². The number of hydrogen-bond donors (Lipinski definition) is 1. The Kier molecular flexibility index (Phi) is 6.64. The first kappa shape index (κ1) is 13.3. The smallest absolute Gasteiger partial charge is 0.0175 e. The molecule has 0 bridgehead atoms. The van der Waals surface area contributed by atoms with Gasteiger partial charge in [-0.15, -0.1) is 0 Å². The minimum atomic E-state index is 0.366. The maximum Gasteiger partial charge on any atom is 0.0175 e. The van der Waals surface area contributed by atoms with Crippen molar-refractivity contribution in [2.45, 2.75) is 19.4 Å². The van der Waals surface area contributed by atoms with Crippen LogP contribution in [0.2, 0.25) is 0 Å². The third-order valence-electron chi connectivity index (χ3n) is 3.10. The fourth-order valence-corrected chi connectivity index (χ4v) is 2.52. The predicted octanol–water partition coefficient (Wildman–Crippen LogP) is 0.704. The van der Waals surface area contributed by atoms with E-state index in [4.69, 9.17) is 5.73 Å². The van der Waals surface area contributed by atoms with Crippen LogP contribution in [0.5, 0.6) is 0 Å². The summed E-state index contributed by atoms with van der Waals surface area (Å²) < 4.78 is 0. The van der Waals surface area contributed by atoms with E-state index in [0.29, 0.717) is 6.04 Å². The quantitative estimate of drug-likeness (QED) is 0.729. The molecule has 0 radical (unpaired) electrons. The molecule has 0 spiro atoms. The van der Waals surface area contributed by atoms with Gasteiger partial charge < -0.3 is 10.6 Å². The number of thioether (sulfide) groups is 1. The van der Waals surface area contributed by atoms with Crippen molar-refractivity contribution in [2.75, 3.05) is 51.3 Å². The molecular formula is C11H25N3S. The van der Waals surface area contributed by atoms with E-state index in [2.05, 4.69) is 23.0 Å². The molecule has 0 aromatic heterocycles. The molecule has 1 heterocycles. The predicted molar refractivity (Wildman–Crippen MR) is 69.5 cm³/mol. The van der Waals surface area contributed by atoms with Gasteiger partial charge in [0, 0.05) is 38.8 Å². The summed E-state index contributed by atoms with van der Waals surface area (Å²) in [6.07, 6.45) is 3.29. The second kappa shape index (κ2) is 7.49. The van der Waals surface area contributed by atoms with Gasteiger partial charge in [0.05, 0.1) is 0 Å². The third kappa shape index (κ3) is 5.20. The van der Waals surface area contributed by atoms with E-state index >= 15 is 0 Å². The van der Waals surface area contributed by atoms with E-state index in [1.807, 2.05) is 11.8 Å². The Morgan fingerprint density at radius 1 is 1.20 bits per heavy atom. The van der Waals surface area contributed by atoms with E-state index in [1.54, 1.807) is 0 Å². The molecule has 15 heavy (non-hydrogen) atoms. The largest absolute Gasteiger partial charge is 0.327 e. The molecule has 0 aromatic rings. The van der Waals surface area contributed by atoms with E-state index in [0.717, 1.165) is 13.0 Å². The van der Waals surface area contributed by atoms with Gasteiger partial charge in [0.1, 0.15) is 0 Å². The Bertz CT molecular complexity index is 158. The van der Waals surface area contributed by atoms with Crippen LogP contribution in [0.4, 0.5) is 0 Å². The zero-order chi connectivity index (χ0) is 11.1. The standard InChI is InChI=1S/C11H25N3S/c1-3-13-5-7-14(8-6-13)10-11(12)4-9-15-2/h11H,3-10,12H2,1-2H3/t11-/m1/s1. The highest BCUT2D eigenvalue weighted by molar-refractivity contribution is 7.98. The average molecular weight is 231 g/mol. The number of piperazine rings is 1. The van der Waals surface area contributed by atoms with Gasteiger partial charge >= 0.3 is 0 Å². The van der Waals surface area contributed by atoms with Crippen molar-refractivity contribution in [3.05, 3.63) is 0 Å². The van der Waals surface area contributed by atoms with Gasteiger partial charge in [-0.3, -0.25) is 4.90 Å². The number of hydrogen-bond acceptors (Lipinski definition) is 4. The molecule has 3 nitrogen and oxygen atoms in total. The van der Waals surface area contributed by atoms with Crippen LogP contribution in [0.25, 0.3) is 0 Å². The Balaban J connectivity index is 2.12. The van der Waals surface area contributed by atoms with Gasteiger partial charge in [-0.1, -0.05) is 6.92 Å². The Morgan fingerprint density at radius 2 is 1.80 bits per heavy atom. The van der Waals surface area contributed by atoms with Crippen molar-refractivity contribution >= 4 is 11.8 Å². The molecule has 2 N–H and O–H groups in total. The maximum absolute atomic E-state index is 6.09. The number of rotatable bonds is 6. The number of nitrogens with zero attached hydrogens (tertiary/aromatic N) is 2. The molecule has 0 amide bonds. The van der Waals surface area contributed by atoms with Gasteiger partial charge in [0.2, 0.25) is 0 Å². The van der Waals surface area contributed by atoms with Crippen molar-refractivity contribution in [3.8, 4) is 0 Å². The second-order valence-corrected chi connectivity index (χ2v) is 5.26. The molecule has 1 fully saturated rings. The molecule has 0 saturated carbocycles. The topological polar surface area (TPSA) is 32.5 Å². The summed E-state index contributed by atoms with van der Waals surface area (Å²) in [6.45, 7) is 9.32. The minimum Gasteiger partial charge on any atom is -0.327 e. The summed E-state index contributed by atoms with van der Waals surface area (Å²) >= 11 is 1.89. The van der Waals surface area contributed by atoms with Crippen molar-refractivity contribution < 1.29 is 0 Å². The van der Waals surface area contributed by atoms with Gasteiger partial charge in [-0.25, -0.2) is 0 Å². The number of nitrogens with two attached hydrogens (primary N) is 1. The molecule has 1 rings (SSSR count). The zero-order valence-corrected chi connectivity index (χ0v) is 10.9. The molecule has 1 aliphatic rings. The summed E-state index contributed by atoms with van der Waals surface area (Å²) in [5.41, 5.74) is 6.09. The summed E-state index contributed by atoms with van der Waals surface area (Å²) in [4.78, 5) is 5.01. The molecule has 4 heteroatoms. The lowest BCUT2D eigenvalue weighted by Gasteiger charge is -2.35. The first-order chi connectivity index (χ1) is 7.26. The lowest BCUT2D eigenvalue weighted by Crippen LogP contribution is -2.49. The Labute approximate surface area is 98.4 Å². The molecule has 0 unspecified atom stereocenters. The van der Waals surface area contributed by atoms with E-state index in [1.165, 1.54) is 38.5 Å². The highest BCUT2D eigenvalue weighted by Gasteiger charge is 2.16. The van der Waals surface area contributed by atoms with Crippen LogP contribution >= 0.6 is 11.8 Å². The van der Waals surface area contributed by atoms with Gasteiger partial charge in [0.25, 0.3) is 0 Å². The molecule has 1 saturated heterocycles. The van der Waals surface area contributed by atoms with Crippen LogP contribution in [0.1, 0.15) is 13.3 Å². The lowest BCUT2D eigenvalue weighted by molar-refractivity contribution is 0.131. The normalized spacial score (nSPS) is 21.8. The van der Waals surface area contributed by atoms with Crippen molar-refractivity contribution in [1.82, 2.24) is 9.80 Å². The van der Waals surface area contributed by atoms with E-state index < -0.39 is 0 Å². The first-order valence-corrected chi connectivity index (χ1v) is 7.35. The zero-order valence-electron chi connectivity index (χ0n) is 10.1. The van der Waals surface area contributed by atoms with Gasteiger partial charge in [-0.05, 0) is 25.0 Å². The molecule has 0 aromatic carbocycles. The molecular weight excluding hydrogens is 206 g/mol. The summed E-state index contributed by atoms with van der Waals surface area (Å²) in [7, 11) is 0. The third-order valence-corrected chi connectivity index (χ3v) is 3.74. The SMILES string of the molecule is CCN1CCN(C[C@H](N)CCSC)CC1. The van der Waals surface area contributed by atoms with E-state index in [-0.39, 0.29) is 0 Å². The van der Waals surface area contributed by atoms with Crippen LogP contribution in [0.3, 0.4) is 0 Å². The maximum atomic E-state index is 6.09. The molecule has 1 aliphatic heterocycles. The fraction of sp³-hybridized carbons (Fsp3) is 1.00. The Morgan fingerprint density at radius 3 is 2.33 bits per heavy atom. The fourth-order valence-electron chi connectivity index (χ4n) is 1.98. The minimum absolute atomic E-state index is 0.366. The average Bonchev–Trinajstić information content (AvgIpc) is 2.27. The summed E-state index contributed by atoms with van der Waals surface area (Å²) in [6, 6.07) is 0.366. The monoisotopic (exact) mass is 231 g/mol. The number of likely N-dealkylation sites (N-methyl/N-ethyl adjacent to an activating group) is 1. The van der Waals surface area contributed by atoms with Gasteiger partial charge in [0.15, 0.2) is 0 Å². The molecule has 90 valence electrons. The van der Waals surface area contributed by atoms with Crippen molar-refractivity contribution in [2.24, 2.45) is 5.73 Å². The molecule has 1 atom stereocenters. The summed E-state index contributed by atoms with van der Waals surface area (Å²) in [5, 5.41) is 0. The van der Waals surface area contributed by atoms with Crippen LogP contribution in [-0.4, -0.2) is 67.1 Å². The van der Waals surface area contributed by atoms with Crippen LogP contribution in [0, 0.1) is 0 Å². The lowest BCUT2D eigenvalue weighted by atomic mass is 10.2. The van der Waals surface area contributed by atoms with Crippen LogP contribution < -0.4 is 5.73 Å². The second-order valence-electron chi connectivity index (χ2n) is 4.28. The highest BCUT2D eigenvalue weighted by atomic mass is 32.2. The van der Waals surface area contributed by atoms with Gasteiger partial charge in [-0.2, -0.15) is 11.8 Å². The highest BCUT2D eigenvalue weighted by Crippen LogP contribution is 2.04. The Hall–Kier alpha value is 0.230. The summed E-state index contributed by atoms with van der Waals surface area (Å²) in [5.74, 6) is 1.19. The van der Waals surface area contributed by atoms with Crippen LogP contribution in [0.15, 0.2) is 0 Å².